The van der Waals surface area contributed by atoms with Gasteiger partial charge in [-0.15, -0.1) is 0 Å². The number of ether oxygens (including phenoxy) is 5. The summed E-state index contributed by atoms with van der Waals surface area (Å²) in [6.45, 7) is -0.254. The normalized spacial score (nSPS) is 12.8. The van der Waals surface area contributed by atoms with Gasteiger partial charge in [0.1, 0.15) is 38.3 Å². The van der Waals surface area contributed by atoms with Crippen molar-refractivity contribution in [2.24, 2.45) is 0 Å². The van der Waals surface area contributed by atoms with E-state index in [-0.39, 0.29) is 70.5 Å². The minimum atomic E-state index is -0.709. The predicted molar refractivity (Wildman–Crippen MR) is 122 cm³/mol. The van der Waals surface area contributed by atoms with Crippen LogP contribution in [0.15, 0.2) is 12.2 Å². The van der Waals surface area contributed by atoms with Crippen LogP contribution in [0.3, 0.4) is 0 Å². The van der Waals surface area contributed by atoms with Gasteiger partial charge >= 0.3 is 11.9 Å². The molecule has 0 bridgehead atoms. The molecular formula is C23H34N2O11. The fourth-order valence-electron chi connectivity index (χ4n) is 2.95. The summed E-state index contributed by atoms with van der Waals surface area (Å²) >= 11 is 0. The molecule has 36 heavy (non-hydrogen) atoms. The van der Waals surface area contributed by atoms with Crippen LogP contribution in [-0.4, -0.2) is 107 Å². The van der Waals surface area contributed by atoms with Crippen LogP contribution in [0.4, 0.5) is 0 Å². The van der Waals surface area contributed by atoms with E-state index < -0.39 is 29.9 Å². The molecule has 0 saturated carbocycles. The van der Waals surface area contributed by atoms with Crippen LogP contribution in [0.5, 0.6) is 0 Å². The second-order valence-corrected chi connectivity index (χ2v) is 7.73. The zero-order valence-corrected chi connectivity index (χ0v) is 20.7. The number of hydrogen-bond donors (Lipinski definition) is 1. The maximum Gasteiger partial charge on any atom is 0.332 e. The number of nitrogens with one attached hydrogen (secondary N) is 1. The topological polar surface area (TPSA) is 164 Å². The second-order valence-electron chi connectivity index (χ2n) is 7.73. The molecule has 0 saturated heterocycles. The van der Waals surface area contributed by atoms with Crippen LogP contribution in [0.1, 0.15) is 32.1 Å². The molecule has 1 rings (SSSR count). The highest BCUT2D eigenvalue weighted by Gasteiger charge is 2.23. The van der Waals surface area contributed by atoms with Crippen molar-refractivity contribution < 1.29 is 52.5 Å². The van der Waals surface area contributed by atoms with E-state index in [1.807, 2.05) is 0 Å². The number of imide groups is 1. The number of rotatable bonds is 20. The molecule has 3 amide bonds. The summed E-state index contributed by atoms with van der Waals surface area (Å²) < 4.78 is 25.0. The number of hydrogen-bond acceptors (Lipinski definition) is 11. The van der Waals surface area contributed by atoms with E-state index in [2.05, 4.69) is 14.8 Å². The maximum atomic E-state index is 12.1. The first-order chi connectivity index (χ1) is 17.3. The summed E-state index contributed by atoms with van der Waals surface area (Å²) in [5.41, 5.74) is 0. The van der Waals surface area contributed by atoms with Gasteiger partial charge in [-0.05, 0) is 12.8 Å². The average Bonchev–Trinajstić information content (AvgIpc) is 3.16. The molecule has 0 radical (unpaired) electrons. The molecule has 1 aliphatic rings. The molecule has 13 heteroatoms. The van der Waals surface area contributed by atoms with Crippen LogP contribution in [-0.2, 0) is 52.5 Å². The van der Waals surface area contributed by atoms with E-state index in [9.17, 15) is 28.8 Å². The highest BCUT2D eigenvalue weighted by atomic mass is 16.6. The molecule has 0 aromatic rings. The molecule has 0 unspecified atom stereocenters. The maximum absolute atomic E-state index is 12.1. The zero-order valence-electron chi connectivity index (χ0n) is 20.7. The summed E-state index contributed by atoms with van der Waals surface area (Å²) in [5.74, 6) is -2.38. The van der Waals surface area contributed by atoms with Crippen LogP contribution >= 0.6 is 0 Å². The first-order valence-corrected chi connectivity index (χ1v) is 11.5. The molecule has 13 nitrogen and oxygen atoms in total. The van der Waals surface area contributed by atoms with Crippen molar-refractivity contribution in [2.75, 3.05) is 60.3 Å². The molecular weight excluding hydrogens is 480 g/mol. The number of Topliss-reactive ketones (excluding diaryl/α,β-unsaturated/α-hetero) is 1. The van der Waals surface area contributed by atoms with E-state index in [0.717, 1.165) is 17.1 Å². The molecule has 0 spiro atoms. The van der Waals surface area contributed by atoms with Crippen molar-refractivity contribution in [1.82, 2.24) is 10.2 Å². The highest BCUT2D eigenvalue weighted by molar-refractivity contribution is 6.13. The largest absolute Gasteiger partial charge is 0.461 e. The first-order valence-electron chi connectivity index (χ1n) is 11.5. The summed E-state index contributed by atoms with van der Waals surface area (Å²) in [6, 6.07) is 0. The van der Waals surface area contributed by atoms with Gasteiger partial charge in [-0.3, -0.25) is 24.1 Å². The number of esters is 2. The second kappa shape index (κ2) is 18.2. The van der Waals surface area contributed by atoms with Gasteiger partial charge < -0.3 is 29.0 Å². The fourth-order valence-corrected chi connectivity index (χ4v) is 2.95. The van der Waals surface area contributed by atoms with E-state index >= 15 is 0 Å². The van der Waals surface area contributed by atoms with Crippen molar-refractivity contribution in [1.29, 1.82) is 0 Å². The van der Waals surface area contributed by atoms with Crippen LogP contribution < -0.4 is 5.32 Å². The number of ketones is 1. The summed E-state index contributed by atoms with van der Waals surface area (Å²) in [6.07, 6.45) is 2.97. The Morgan fingerprint density at radius 1 is 0.861 bits per heavy atom. The third-order valence-corrected chi connectivity index (χ3v) is 4.76. The molecule has 0 fully saturated rings. The lowest BCUT2D eigenvalue weighted by Crippen LogP contribution is -2.35. The minimum absolute atomic E-state index is 0.00677. The number of nitrogens with zero attached hydrogens (tertiary/aromatic N) is 1. The SMILES string of the molecule is COCC(=O)OCC(COC(=O)COC)OCCCC(=O)CCCNC(=O)CCN1C(=O)C=CC1=O. The number of carbonyl (C=O) groups is 6. The molecule has 1 aliphatic heterocycles. The summed E-state index contributed by atoms with van der Waals surface area (Å²) in [7, 11) is 2.71. The lowest BCUT2D eigenvalue weighted by molar-refractivity contribution is -0.159. The minimum Gasteiger partial charge on any atom is -0.461 e. The van der Waals surface area contributed by atoms with E-state index in [4.69, 9.17) is 14.2 Å². The Balaban J connectivity index is 2.19. The molecule has 0 aromatic carbocycles. The Labute approximate surface area is 209 Å². The van der Waals surface area contributed by atoms with Gasteiger partial charge in [0.15, 0.2) is 0 Å². The molecule has 1 N–H and O–H groups in total. The number of carbonyl (C=O) groups excluding carboxylic acids is 6. The van der Waals surface area contributed by atoms with Crippen molar-refractivity contribution in [3.05, 3.63) is 12.2 Å². The van der Waals surface area contributed by atoms with E-state index in [1.54, 1.807) is 0 Å². The Morgan fingerprint density at radius 2 is 1.42 bits per heavy atom. The molecule has 0 aromatic heterocycles. The lowest BCUT2D eigenvalue weighted by Gasteiger charge is -2.18. The van der Waals surface area contributed by atoms with Gasteiger partial charge in [-0.25, -0.2) is 9.59 Å². The predicted octanol–water partition coefficient (Wildman–Crippen LogP) is -0.688. The monoisotopic (exact) mass is 514 g/mol. The van der Waals surface area contributed by atoms with Crippen molar-refractivity contribution in [3.8, 4) is 0 Å². The highest BCUT2D eigenvalue weighted by Crippen LogP contribution is 2.05. The first kappa shape index (κ1) is 30.9. The standard InChI is InChI=1S/C23H34N2O11/c1-32-15-22(30)35-13-18(14-36-23(31)16-33-2)34-12-4-6-17(26)5-3-10-24-19(27)9-11-25-20(28)7-8-21(25)29/h7-8,18H,3-6,9-16H2,1-2H3,(H,24,27). The van der Waals surface area contributed by atoms with Gasteiger partial charge in [0.2, 0.25) is 5.91 Å². The average molecular weight is 515 g/mol. The Bertz CT molecular complexity index is 757. The van der Waals surface area contributed by atoms with Crippen LogP contribution in [0, 0.1) is 0 Å². The van der Waals surface area contributed by atoms with Crippen molar-refractivity contribution >= 4 is 35.4 Å². The zero-order chi connectivity index (χ0) is 26.8. The summed E-state index contributed by atoms with van der Waals surface area (Å²) in [4.78, 5) is 70.7. The van der Waals surface area contributed by atoms with Gasteiger partial charge in [0.05, 0.1) is 0 Å². The molecule has 202 valence electrons. The van der Waals surface area contributed by atoms with Gasteiger partial charge in [-0.1, -0.05) is 0 Å². The third-order valence-electron chi connectivity index (χ3n) is 4.76. The molecule has 0 aliphatic carbocycles. The van der Waals surface area contributed by atoms with Gasteiger partial charge in [0.25, 0.3) is 11.8 Å². The fraction of sp³-hybridized carbons (Fsp3) is 0.652. The van der Waals surface area contributed by atoms with Crippen LogP contribution in [0.2, 0.25) is 0 Å². The third kappa shape index (κ3) is 13.7. The Morgan fingerprint density at radius 3 is 1.97 bits per heavy atom. The quantitative estimate of drug-likeness (QED) is 0.124. The van der Waals surface area contributed by atoms with Crippen LogP contribution in [0.25, 0.3) is 0 Å². The van der Waals surface area contributed by atoms with Gasteiger partial charge in [-0.2, -0.15) is 0 Å². The number of methoxy groups -OCH3 is 2. The number of amides is 3. The van der Waals surface area contributed by atoms with Crippen molar-refractivity contribution in [2.45, 2.75) is 38.2 Å². The molecule has 0 atom stereocenters. The van der Waals surface area contributed by atoms with Gasteiger partial charge in [0, 0.05) is 65.3 Å². The lowest BCUT2D eigenvalue weighted by atomic mass is 10.1. The van der Waals surface area contributed by atoms with E-state index in [0.29, 0.717) is 19.4 Å². The van der Waals surface area contributed by atoms with Crippen molar-refractivity contribution in [3.63, 3.8) is 0 Å². The Kier molecular flexibility index (Phi) is 15.6. The summed E-state index contributed by atoms with van der Waals surface area (Å²) in [5, 5.41) is 2.65. The van der Waals surface area contributed by atoms with E-state index in [1.165, 1.54) is 14.2 Å². The smallest absolute Gasteiger partial charge is 0.332 e. The Hall–Kier alpha value is -3.16. The molecule has 1 heterocycles.